The molecular weight excluding hydrogens is 484 g/mol. The van der Waals surface area contributed by atoms with Gasteiger partial charge in [-0.05, 0) is 89.4 Å². The van der Waals surface area contributed by atoms with Crippen molar-refractivity contribution in [1.82, 2.24) is 9.55 Å². The normalized spacial score (nSPS) is 16.1. The molecule has 6 aromatic rings. The first-order valence-electron chi connectivity index (χ1n) is 14.1. The molecule has 5 aromatic carbocycles. The molecule has 2 aliphatic carbocycles. The van der Waals surface area contributed by atoms with E-state index in [0.717, 1.165) is 11.4 Å². The van der Waals surface area contributed by atoms with Crippen LogP contribution in [0, 0.1) is 27.7 Å². The maximum absolute atomic E-state index is 4.92. The molecule has 0 fully saturated rings. The van der Waals surface area contributed by atoms with E-state index in [4.69, 9.17) is 4.98 Å². The second-order valence-electron chi connectivity index (χ2n) is 11.5. The maximum Gasteiger partial charge on any atom is 0.144 e. The average molecular weight is 515 g/mol. The standard InChI is InChI=1S/C38H30N2/c1-23-13-15-30-28-9-5-7-11-32(28)38(34(30)21-23)33-12-8-6-10-29(33)31-16-14-27(22-35(31)38)37-39-17-18-40(37)36-25(3)19-24(2)20-26(36)4/h5-22H,1-4H3. The number of rotatable bonds is 2. The van der Waals surface area contributed by atoms with E-state index < -0.39 is 0 Å². The van der Waals surface area contributed by atoms with Crippen molar-refractivity contribution in [2.75, 3.05) is 0 Å². The fourth-order valence-electron chi connectivity index (χ4n) is 7.64. The van der Waals surface area contributed by atoms with Crippen LogP contribution in [0.1, 0.15) is 44.5 Å². The Bertz CT molecular complexity index is 1970. The highest BCUT2D eigenvalue weighted by Gasteiger charge is 2.51. The highest BCUT2D eigenvalue weighted by molar-refractivity contribution is 5.95. The largest absolute Gasteiger partial charge is 0.299 e. The quantitative estimate of drug-likeness (QED) is 0.225. The van der Waals surface area contributed by atoms with Gasteiger partial charge >= 0.3 is 0 Å². The SMILES string of the molecule is Cc1cc(C)c(-n2ccnc2-c2ccc3c(c2)C2(c4ccccc4-c4ccc(C)cc42)c2ccccc2-3)c(C)c1. The van der Waals surface area contributed by atoms with Crippen LogP contribution in [0.25, 0.3) is 39.3 Å². The number of aryl methyl sites for hydroxylation is 4. The Morgan fingerprint density at radius 1 is 0.550 bits per heavy atom. The zero-order valence-corrected chi connectivity index (χ0v) is 23.3. The van der Waals surface area contributed by atoms with Gasteiger partial charge in [0.15, 0.2) is 0 Å². The Balaban J connectivity index is 1.44. The number of nitrogens with zero attached hydrogens (tertiary/aromatic N) is 2. The fourth-order valence-corrected chi connectivity index (χ4v) is 7.64. The van der Waals surface area contributed by atoms with E-state index in [0.29, 0.717) is 0 Å². The lowest BCUT2D eigenvalue weighted by Crippen LogP contribution is -2.26. The van der Waals surface area contributed by atoms with E-state index in [1.54, 1.807) is 0 Å². The van der Waals surface area contributed by atoms with Crippen LogP contribution in [-0.2, 0) is 5.41 Å². The number of benzene rings is 5. The summed E-state index contributed by atoms with van der Waals surface area (Å²) in [7, 11) is 0. The summed E-state index contributed by atoms with van der Waals surface area (Å²) in [6.45, 7) is 8.76. The van der Waals surface area contributed by atoms with Gasteiger partial charge in [-0.15, -0.1) is 0 Å². The van der Waals surface area contributed by atoms with Gasteiger partial charge in [-0.1, -0.05) is 102 Å². The van der Waals surface area contributed by atoms with Crippen LogP contribution in [0.5, 0.6) is 0 Å². The highest BCUT2D eigenvalue weighted by atomic mass is 15.1. The summed E-state index contributed by atoms with van der Waals surface area (Å²) >= 11 is 0. The molecule has 0 N–H and O–H groups in total. The summed E-state index contributed by atoms with van der Waals surface area (Å²) in [5.74, 6) is 0.972. The molecule has 1 heterocycles. The Hall–Kier alpha value is -4.69. The van der Waals surface area contributed by atoms with Gasteiger partial charge in [0.25, 0.3) is 0 Å². The third-order valence-corrected chi connectivity index (χ3v) is 9.02. The minimum atomic E-state index is -0.354. The summed E-state index contributed by atoms with van der Waals surface area (Å²) in [5.41, 5.74) is 17.8. The second-order valence-corrected chi connectivity index (χ2v) is 11.5. The van der Waals surface area contributed by atoms with Gasteiger partial charge in [0.05, 0.1) is 11.1 Å². The number of hydrogen-bond acceptors (Lipinski definition) is 1. The van der Waals surface area contributed by atoms with Crippen molar-refractivity contribution in [3.63, 3.8) is 0 Å². The Morgan fingerprint density at radius 2 is 1.12 bits per heavy atom. The van der Waals surface area contributed by atoms with E-state index in [9.17, 15) is 0 Å². The highest BCUT2D eigenvalue weighted by Crippen LogP contribution is 2.63. The van der Waals surface area contributed by atoms with Crippen molar-refractivity contribution in [3.05, 3.63) is 154 Å². The third-order valence-electron chi connectivity index (χ3n) is 9.02. The molecule has 0 aliphatic heterocycles. The Morgan fingerprint density at radius 3 is 1.80 bits per heavy atom. The molecule has 2 nitrogen and oxygen atoms in total. The smallest absolute Gasteiger partial charge is 0.144 e. The van der Waals surface area contributed by atoms with Crippen molar-refractivity contribution >= 4 is 0 Å². The van der Waals surface area contributed by atoms with Gasteiger partial charge in [-0.3, -0.25) is 4.57 Å². The molecule has 2 heteroatoms. The predicted molar refractivity (Wildman–Crippen MR) is 164 cm³/mol. The Kier molecular flexibility index (Phi) is 4.74. The van der Waals surface area contributed by atoms with E-state index >= 15 is 0 Å². The van der Waals surface area contributed by atoms with E-state index in [1.807, 2.05) is 6.20 Å². The monoisotopic (exact) mass is 514 g/mol. The number of fused-ring (bicyclic) bond motifs is 10. The van der Waals surface area contributed by atoms with Crippen LogP contribution < -0.4 is 0 Å². The molecule has 1 unspecified atom stereocenters. The maximum atomic E-state index is 4.92. The summed E-state index contributed by atoms with van der Waals surface area (Å²) in [6.07, 6.45) is 4.02. The molecule has 1 spiro atoms. The average Bonchev–Trinajstić information content (AvgIpc) is 3.62. The zero-order valence-electron chi connectivity index (χ0n) is 23.3. The van der Waals surface area contributed by atoms with Crippen LogP contribution in [0.4, 0.5) is 0 Å². The first-order valence-corrected chi connectivity index (χ1v) is 14.1. The minimum Gasteiger partial charge on any atom is -0.299 e. The molecule has 0 amide bonds. The molecule has 0 saturated carbocycles. The van der Waals surface area contributed by atoms with Crippen LogP contribution >= 0.6 is 0 Å². The second kappa shape index (κ2) is 8.16. The molecule has 8 rings (SSSR count). The zero-order chi connectivity index (χ0) is 27.2. The summed E-state index contributed by atoms with van der Waals surface area (Å²) < 4.78 is 2.27. The molecule has 192 valence electrons. The van der Waals surface area contributed by atoms with Crippen molar-refractivity contribution in [3.8, 4) is 39.3 Å². The predicted octanol–water partition coefficient (Wildman–Crippen LogP) is 9.12. The summed E-state index contributed by atoms with van der Waals surface area (Å²) in [6, 6.07) is 36.5. The number of hydrogen-bond donors (Lipinski definition) is 0. The lowest BCUT2D eigenvalue weighted by atomic mass is 9.70. The minimum absolute atomic E-state index is 0.354. The summed E-state index contributed by atoms with van der Waals surface area (Å²) in [4.78, 5) is 4.92. The molecule has 1 aromatic heterocycles. The van der Waals surface area contributed by atoms with E-state index in [2.05, 4.69) is 136 Å². The van der Waals surface area contributed by atoms with Gasteiger partial charge in [-0.2, -0.15) is 0 Å². The molecule has 0 radical (unpaired) electrons. The molecule has 2 aliphatic rings. The van der Waals surface area contributed by atoms with Crippen LogP contribution in [0.3, 0.4) is 0 Å². The first kappa shape index (κ1) is 23.2. The molecule has 0 bridgehead atoms. The summed E-state index contributed by atoms with van der Waals surface area (Å²) in [5, 5.41) is 0. The fraction of sp³-hybridized carbons (Fsp3) is 0.132. The van der Waals surface area contributed by atoms with Crippen molar-refractivity contribution in [2.24, 2.45) is 0 Å². The third kappa shape index (κ3) is 2.91. The van der Waals surface area contributed by atoms with Gasteiger partial charge in [0.2, 0.25) is 0 Å². The van der Waals surface area contributed by atoms with Crippen LogP contribution in [-0.4, -0.2) is 9.55 Å². The lowest BCUT2D eigenvalue weighted by Gasteiger charge is -2.31. The van der Waals surface area contributed by atoms with Crippen molar-refractivity contribution in [1.29, 1.82) is 0 Å². The van der Waals surface area contributed by atoms with Crippen LogP contribution in [0.15, 0.2) is 109 Å². The molecule has 40 heavy (non-hydrogen) atoms. The molecule has 1 atom stereocenters. The van der Waals surface area contributed by atoms with Gasteiger partial charge < -0.3 is 0 Å². The van der Waals surface area contributed by atoms with Gasteiger partial charge in [0.1, 0.15) is 5.82 Å². The van der Waals surface area contributed by atoms with Crippen molar-refractivity contribution < 1.29 is 0 Å². The van der Waals surface area contributed by atoms with Crippen LogP contribution in [0.2, 0.25) is 0 Å². The van der Waals surface area contributed by atoms with Gasteiger partial charge in [0, 0.05) is 18.0 Å². The lowest BCUT2D eigenvalue weighted by molar-refractivity contribution is 0.792. The van der Waals surface area contributed by atoms with Gasteiger partial charge in [-0.25, -0.2) is 4.98 Å². The first-order chi connectivity index (χ1) is 19.5. The molecular formula is C38H30N2. The number of imidazole rings is 1. The van der Waals surface area contributed by atoms with E-state index in [-0.39, 0.29) is 5.41 Å². The molecule has 0 saturated heterocycles. The Labute approximate surface area is 235 Å². The van der Waals surface area contributed by atoms with E-state index in [1.165, 1.54) is 72.4 Å². The topological polar surface area (TPSA) is 17.8 Å². The number of aromatic nitrogens is 2. The van der Waals surface area contributed by atoms with Crippen molar-refractivity contribution in [2.45, 2.75) is 33.1 Å².